The lowest BCUT2D eigenvalue weighted by Gasteiger charge is -2.42. The molecular weight excluding hydrogens is 474 g/mol. The summed E-state index contributed by atoms with van der Waals surface area (Å²) in [6.07, 6.45) is 2.83. The van der Waals surface area contributed by atoms with Crippen molar-refractivity contribution in [2.75, 3.05) is 25.4 Å². The SMILES string of the molecule is Cc1ccc(-n2c(SCCCC(=O)N3CCN(C(=O)C(C)(C)C)C(C)C3)nnc2-c2ccco2)cc1. The molecular formula is C27H35N5O3S. The van der Waals surface area contributed by atoms with E-state index in [0.717, 1.165) is 23.0 Å². The lowest BCUT2D eigenvalue weighted by molar-refractivity contribution is -0.148. The van der Waals surface area contributed by atoms with Crippen molar-refractivity contribution in [2.24, 2.45) is 5.41 Å². The molecule has 36 heavy (non-hydrogen) atoms. The Morgan fingerprint density at radius 2 is 1.86 bits per heavy atom. The maximum absolute atomic E-state index is 12.9. The lowest BCUT2D eigenvalue weighted by Crippen LogP contribution is -2.57. The Kier molecular flexibility index (Phi) is 7.88. The highest BCUT2D eigenvalue weighted by molar-refractivity contribution is 7.99. The van der Waals surface area contributed by atoms with E-state index >= 15 is 0 Å². The fourth-order valence-electron chi connectivity index (χ4n) is 4.32. The van der Waals surface area contributed by atoms with E-state index in [9.17, 15) is 9.59 Å². The van der Waals surface area contributed by atoms with Crippen LogP contribution in [0.15, 0.2) is 52.2 Å². The van der Waals surface area contributed by atoms with Crippen molar-refractivity contribution in [3.05, 3.63) is 48.2 Å². The molecule has 0 radical (unpaired) electrons. The summed E-state index contributed by atoms with van der Waals surface area (Å²) in [6.45, 7) is 11.7. The zero-order valence-corrected chi connectivity index (χ0v) is 22.5. The summed E-state index contributed by atoms with van der Waals surface area (Å²) in [5.41, 5.74) is 1.73. The fraction of sp³-hybridized carbons (Fsp3) is 0.481. The van der Waals surface area contributed by atoms with Crippen molar-refractivity contribution < 1.29 is 14.0 Å². The summed E-state index contributed by atoms with van der Waals surface area (Å²) in [6, 6.07) is 11.9. The van der Waals surface area contributed by atoms with Crippen LogP contribution in [0.2, 0.25) is 0 Å². The predicted octanol–water partition coefficient (Wildman–Crippen LogP) is 4.81. The highest BCUT2D eigenvalue weighted by Crippen LogP contribution is 2.29. The Balaban J connectivity index is 1.34. The highest BCUT2D eigenvalue weighted by Gasteiger charge is 2.34. The van der Waals surface area contributed by atoms with E-state index in [1.807, 2.05) is 66.3 Å². The number of rotatable bonds is 7. The Morgan fingerprint density at radius 3 is 2.50 bits per heavy atom. The maximum Gasteiger partial charge on any atom is 0.228 e. The number of hydrogen-bond donors (Lipinski definition) is 0. The zero-order valence-electron chi connectivity index (χ0n) is 21.7. The first-order valence-electron chi connectivity index (χ1n) is 12.4. The summed E-state index contributed by atoms with van der Waals surface area (Å²) in [5.74, 6) is 2.33. The summed E-state index contributed by atoms with van der Waals surface area (Å²) in [4.78, 5) is 29.4. The molecule has 2 amide bonds. The molecule has 1 aromatic carbocycles. The molecule has 1 unspecified atom stereocenters. The summed E-state index contributed by atoms with van der Waals surface area (Å²) >= 11 is 1.58. The van der Waals surface area contributed by atoms with Gasteiger partial charge in [0.05, 0.1) is 6.26 Å². The van der Waals surface area contributed by atoms with Gasteiger partial charge >= 0.3 is 0 Å². The van der Waals surface area contributed by atoms with Crippen LogP contribution in [0.25, 0.3) is 17.3 Å². The molecule has 1 atom stereocenters. The number of furan rings is 1. The van der Waals surface area contributed by atoms with Crippen molar-refractivity contribution >= 4 is 23.6 Å². The number of benzene rings is 1. The molecule has 3 heterocycles. The summed E-state index contributed by atoms with van der Waals surface area (Å²) < 4.78 is 7.58. The second-order valence-electron chi connectivity index (χ2n) is 10.3. The molecule has 3 aromatic rings. The topological polar surface area (TPSA) is 84.5 Å². The van der Waals surface area contributed by atoms with Gasteiger partial charge in [0.25, 0.3) is 0 Å². The van der Waals surface area contributed by atoms with Crippen LogP contribution in [0.5, 0.6) is 0 Å². The molecule has 9 heteroatoms. The standard InChI is InChI=1S/C27H35N5O3S/c1-19-10-12-21(13-11-19)32-24(22-8-6-16-35-22)28-29-26(32)36-17-7-9-23(33)30-14-15-31(20(2)18-30)25(34)27(3,4)5/h6,8,10-13,16,20H,7,9,14-15,17-18H2,1-5H3. The van der Waals surface area contributed by atoms with Crippen LogP contribution in [0.3, 0.4) is 0 Å². The molecule has 4 rings (SSSR count). The number of aryl methyl sites for hydroxylation is 1. The maximum atomic E-state index is 12.9. The molecule has 0 aliphatic carbocycles. The van der Waals surface area contributed by atoms with Gasteiger partial charge in [-0.05, 0) is 44.5 Å². The minimum atomic E-state index is -0.409. The average Bonchev–Trinajstić information content (AvgIpc) is 3.51. The zero-order chi connectivity index (χ0) is 25.9. The third-order valence-corrected chi connectivity index (χ3v) is 7.33. The van der Waals surface area contributed by atoms with Crippen LogP contribution in [0.1, 0.15) is 46.1 Å². The van der Waals surface area contributed by atoms with Crippen LogP contribution in [0, 0.1) is 12.3 Å². The number of hydrogen-bond acceptors (Lipinski definition) is 6. The van der Waals surface area contributed by atoms with Gasteiger partial charge in [-0.25, -0.2) is 0 Å². The second kappa shape index (κ2) is 10.9. The molecule has 1 aliphatic heterocycles. The van der Waals surface area contributed by atoms with Gasteiger partial charge in [0.1, 0.15) is 0 Å². The molecule has 1 saturated heterocycles. The number of piperazine rings is 1. The van der Waals surface area contributed by atoms with E-state index < -0.39 is 5.41 Å². The van der Waals surface area contributed by atoms with Crippen molar-refractivity contribution in [1.29, 1.82) is 0 Å². The highest BCUT2D eigenvalue weighted by atomic mass is 32.2. The van der Waals surface area contributed by atoms with E-state index in [4.69, 9.17) is 4.42 Å². The van der Waals surface area contributed by atoms with Crippen LogP contribution < -0.4 is 0 Å². The minimum absolute atomic E-state index is 0.0249. The van der Waals surface area contributed by atoms with Gasteiger partial charge < -0.3 is 14.2 Å². The Morgan fingerprint density at radius 1 is 1.11 bits per heavy atom. The van der Waals surface area contributed by atoms with E-state index in [2.05, 4.69) is 29.3 Å². The number of thioether (sulfide) groups is 1. The Hall–Kier alpha value is -3.07. The predicted molar refractivity (Wildman–Crippen MR) is 141 cm³/mol. The van der Waals surface area contributed by atoms with Gasteiger partial charge in [0.2, 0.25) is 17.6 Å². The van der Waals surface area contributed by atoms with Crippen LogP contribution in [-0.4, -0.2) is 67.8 Å². The summed E-state index contributed by atoms with van der Waals surface area (Å²) in [5, 5.41) is 9.56. The monoisotopic (exact) mass is 509 g/mol. The van der Waals surface area contributed by atoms with Gasteiger partial charge in [-0.2, -0.15) is 0 Å². The molecule has 8 nitrogen and oxygen atoms in total. The first-order valence-corrected chi connectivity index (χ1v) is 13.4. The third kappa shape index (κ3) is 5.83. The van der Waals surface area contributed by atoms with Gasteiger partial charge in [0, 0.05) is 49.0 Å². The molecule has 2 aromatic heterocycles. The van der Waals surface area contributed by atoms with Crippen molar-refractivity contribution in [2.45, 2.75) is 58.7 Å². The van der Waals surface area contributed by atoms with E-state index in [-0.39, 0.29) is 17.9 Å². The third-order valence-electron chi connectivity index (χ3n) is 6.32. The Bertz CT molecular complexity index is 1180. The van der Waals surface area contributed by atoms with Crippen molar-refractivity contribution in [1.82, 2.24) is 24.6 Å². The number of carbonyl (C=O) groups excluding carboxylic acids is 2. The van der Waals surface area contributed by atoms with Gasteiger partial charge in [-0.3, -0.25) is 14.2 Å². The largest absolute Gasteiger partial charge is 0.461 e. The molecule has 1 aliphatic rings. The molecule has 0 spiro atoms. The first-order chi connectivity index (χ1) is 17.1. The number of nitrogens with zero attached hydrogens (tertiary/aromatic N) is 5. The summed E-state index contributed by atoms with van der Waals surface area (Å²) in [7, 11) is 0. The van der Waals surface area contributed by atoms with Gasteiger partial charge in [0.15, 0.2) is 10.9 Å². The van der Waals surface area contributed by atoms with E-state index in [0.29, 0.717) is 37.6 Å². The van der Waals surface area contributed by atoms with Crippen LogP contribution >= 0.6 is 11.8 Å². The Labute approximate surface area is 217 Å². The molecule has 0 N–H and O–H groups in total. The van der Waals surface area contributed by atoms with Gasteiger partial charge in [-0.15, -0.1) is 10.2 Å². The first kappa shape index (κ1) is 26.0. The molecule has 0 saturated carbocycles. The number of amides is 2. The average molecular weight is 510 g/mol. The lowest BCUT2D eigenvalue weighted by atomic mass is 9.93. The van der Waals surface area contributed by atoms with Crippen LogP contribution in [0.4, 0.5) is 0 Å². The molecule has 192 valence electrons. The quantitative estimate of drug-likeness (QED) is 0.336. The molecule has 1 fully saturated rings. The fourth-order valence-corrected chi connectivity index (χ4v) is 5.21. The van der Waals surface area contributed by atoms with Crippen molar-refractivity contribution in [3.8, 4) is 17.3 Å². The van der Waals surface area contributed by atoms with Crippen LogP contribution in [-0.2, 0) is 9.59 Å². The second-order valence-corrected chi connectivity index (χ2v) is 11.4. The number of carbonyl (C=O) groups is 2. The molecule has 0 bridgehead atoms. The minimum Gasteiger partial charge on any atom is -0.461 e. The van der Waals surface area contributed by atoms with Crippen molar-refractivity contribution in [3.63, 3.8) is 0 Å². The normalized spacial score (nSPS) is 16.4. The number of aromatic nitrogens is 3. The van der Waals surface area contributed by atoms with E-state index in [1.165, 1.54) is 5.56 Å². The smallest absolute Gasteiger partial charge is 0.228 e. The van der Waals surface area contributed by atoms with E-state index in [1.54, 1.807) is 18.0 Å². The van der Waals surface area contributed by atoms with Gasteiger partial charge in [-0.1, -0.05) is 50.2 Å².